The van der Waals surface area contributed by atoms with Gasteiger partial charge in [-0.25, -0.2) is 4.79 Å². The van der Waals surface area contributed by atoms with Crippen LogP contribution in [-0.2, 0) is 9.53 Å². The van der Waals surface area contributed by atoms with Crippen LogP contribution in [0.4, 0.5) is 0 Å². The zero-order valence-corrected chi connectivity index (χ0v) is 15.2. The van der Waals surface area contributed by atoms with Gasteiger partial charge in [0, 0.05) is 12.8 Å². The molecule has 1 heterocycles. The zero-order chi connectivity index (χ0) is 16.3. The molecule has 130 valence electrons. The lowest BCUT2D eigenvalue weighted by Crippen LogP contribution is -2.48. The molecule has 0 amide bonds. The number of carbonyl (C=O) groups excluding carboxylic acids is 1. The summed E-state index contributed by atoms with van der Waals surface area (Å²) in [5.41, 5.74) is 0. The number of hydrogen-bond donors (Lipinski definition) is 0. The van der Waals surface area contributed by atoms with Gasteiger partial charge in [0.1, 0.15) is 0 Å². The summed E-state index contributed by atoms with van der Waals surface area (Å²) < 4.78 is 6.28. The molecule has 0 aliphatic carbocycles. The number of quaternary nitrogens is 1. The lowest BCUT2D eigenvalue weighted by atomic mass is 10.1. The molecule has 0 N–H and O–H groups in total. The third-order valence-corrected chi connectivity index (χ3v) is 5.07. The van der Waals surface area contributed by atoms with Gasteiger partial charge in [0.2, 0.25) is 0 Å². The van der Waals surface area contributed by atoms with E-state index in [1.165, 1.54) is 57.8 Å². The summed E-state index contributed by atoms with van der Waals surface area (Å²) in [4.78, 5) is 12.1. The van der Waals surface area contributed by atoms with Crippen LogP contribution in [0.5, 0.6) is 0 Å². The highest BCUT2D eigenvalue weighted by atomic mass is 16.5. The molecule has 22 heavy (non-hydrogen) atoms. The second kappa shape index (κ2) is 11.0. The minimum Gasteiger partial charge on any atom is -0.461 e. The van der Waals surface area contributed by atoms with E-state index in [-0.39, 0.29) is 12.0 Å². The van der Waals surface area contributed by atoms with E-state index < -0.39 is 0 Å². The first-order valence-corrected chi connectivity index (χ1v) is 9.57. The van der Waals surface area contributed by atoms with Crippen LogP contribution in [0.1, 0.15) is 84.0 Å². The van der Waals surface area contributed by atoms with Crippen molar-refractivity contribution in [2.75, 3.05) is 27.2 Å². The first-order valence-electron chi connectivity index (χ1n) is 9.57. The van der Waals surface area contributed by atoms with Crippen LogP contribution in [-0.4, -0.2) is 43.7 Å². The van der Waals surface area contributed by atoms with Crippen LogP contribution in [0.2, 0.25) is 0 Å². The fourth-order valence-corrected chi connectivity index (χ4v) is 3.46. The van der Waals surface area contributed by atoms with Gasteiger partial charge >= 0.3 is 5.97 Å². The summed E-state index contributed by atoms with van der Waals surface area (Å²) in [5.74, 6) is 0.0263. The van der Waals surface area contributed by atoms with E-state index in [1.54, 1.807) is 0 Å². The molecular weight excluding hydrogens is 274 g/mol. The second-order valence-electron chi connectivity index (χ2n) is 7.51. The highest BCUT2D eigenvalue weighted by molar-refractivity contribution is 5.74. The van der Waals surface area contributed by atoms with Crippen molar-refractivity contribution in [1.82, 2.24) is 0 Å². The number of likely N-dealkylation sites (tertiary alicyclic amines) is 1. The number of hydrogen-bond acceptors (Lipinski definition) is 2. The van der Waals surface area contributed by atoms with Gasteiger partial charge in [0.25, 0.3) is 0 Å². The normalized spacial score (nSPS) is 20.2. The molecule has 0 aromatic heterocycles. The van der Waals surface area contributed by atoms with Gasteiger partial charge in [0.05, 0.1) is 27.2 Å². The number of rotatable bonds is 12. The van der Waals surface area contributed by atoms with Crippen molar-refractivity contribution in [3.63, 3.8) is 0 Å². The Morgan fingerprint density at radius 3 is 2.00 bits per heavy atom. The van der Waals surface area contributed by atoms with E-state index in [1.807, 2.05) is 0 Å². The summed E-state index contributed by atoms with van der Waals surface area (Å²) in [7, 11) is 4.28. The Bertz CT molecular complexity index is 302. The van der Waals surface area contributed by atoms with E-state index in [0.29, 0.717) is 6.61 Å². The molecule has 3 heteroatoms. The first-order chi connectivity index (χ1) is 10.6. The van der Waals surface area contributed by atoms with Gasteiger partial charge in [-0.2, -0.15) is 0 Å². The minimum absolute atomic E-state index is 0.0263. The lowest BCUT2D eigenvalue weighted by Gasteiger charge is -2.29. The Hall–Kier alpha value is -0.570. The quantitative estimate of drug-likeness (QED) is 0.297. The molecule has 1 rings (SSSR count). The van der Waals surface area contributed by atoms with Crippen molar-refractivity contribution in [2.24, 2.45) is 0 Å². The Labute approximate surface area is 138 Å². The highest BCUT2D eigenvalue weighted by Crippen LogP contribution is 2.23. The molecular formula is C19H38NO2+. The van der Waals surface area contributed by atoms with Gasteiger partial charge < -0.3 is 9.22 Å². The van der Waals surface area contributed by atoms with Crippen LogP contribution < -0.4 is 0 Å². The molecule has 0 saturated carbocycles. The molecule has 0 bridgehead atoms. The van der Waals surface area contributed by atoms with Crippen LogP contribution in [0, 0.1) is 0 Å². The maximum atomic E-state index is 12.1. The molecule has 3 nitrogen and oxygen atoms in total. The molecule has 1 atom stereocenters. The summed E-state index contributed by atoms with van der Waals surface area (Å²) in [5, 5.41) is 0. The number of unbranched alkanes of at least 4 members (excludes halogenated alkanes) is 9. The van der Waals surface area contributed by atoms with Crippen molar-refractivity contribution >= 4 is 5.97 Å². The summed E-state index contributed by atoms with van der Waals surface area (Å²) in [6, 6.07) is 0.0723. The average molecular weight is 313 g/mol. The van der Waals surface area contributed by atoms with Crippen LogP contribution >= 0.6 is 0 Å². The van der Waals surface area contributed by atoms with Crippen LogP contribution in [0.25, 0.3) is 0 Å². The summed E-state index contributed by atoms with van der Waals surface area (Å²) in [6.07, 6.45) is 15.3. The largest absolute Gasteiger partial charge is 0.461 e. The van der Waals surface area contributed by atoms with Crippen LogP contribution in [0.3, 0.4) is 0 Å². The van der Waals surface area contributed by atoms with Gasteiger partial charge in [-0.3, -0.25) is 0 Å². The lowest BCUT2D eigenvalue weighted by molar-refractivity contribution is -0.893. The molecule has 1 fully saturated rings. The number of carbonyl (C=O) groups is 1. The molecule has 0 aromatic carbocycles. The number of likely N-dealkylation sites (N-methyl/N-ethyl adjacent to an activating group) is 1. The van der Waals surface area contributed by atoms with E-state index in [4.69, 9.17) is 4.74 Å². The standard InChI is InChI=1S/C19H38NO2/c1-4-5-6-7-8-9-10-11-12-13-17-22-19(21)18-15-14-16-20(18,2)3/h18H,4-17H2,1-3H3/q+1/t18-/m0/s1. The third kappa shape index (κ3) is 7.62. The Balaban J connectivity index is 1.90. The number of ether oxygens (including phenoxy) is 1. The second-order valence-corrected chi connectivity index (χ2v) is 7.51. The molecule has 1 saturated heterocycles. The molecule has 0 unspecified atom stereocenters. The Kier molecular flexibility index (Phi) is 9.77. The minimum atomic E-state index is 0.0263. The van der Waals surface area contributed by atoms with E-state index in [2.05, 4.69) is 21.0 Å². The smallest absolute Gasteiger partial charge is 0.364 e. The van der Waals surface area contributed by atoms with E-state index in [0.717, 1.165) is 30.3 Å². The van der Waals surface area contributed by atoms with Crippen molar-refractivity contribution in [3.8, 4) is 0 Å². The molecule has 1 aliphatic rings. The first kappa shape index (κ1) is 19.5. The zero-order valence-electron chi connectivity index (χ0n) is 15.2. The van der Waals surface area contributed by atoms with Crippen LogP contribution in [0.15, 0.2) is 0 Å². The fraction of sp³-hybridized carbons (Fsp3) is 0.947. The number of nitrogens with zero attached hydrogens (tertiary/aromatic N) is 1. The monoisotopic (exact) mass is 312 g/mol. The molecule has 0 spiro atoms. The SMILES string of the molecule is CCCCCCCCCCCCOC(=O)[C@@H]1CCC[N+]1(C)C. The number of esters is 1. The summed E-state index contributed by atoms with van der Waals surface area (Å²) >= 11 is 0. The molecule has 0 aromatic rings. The van der Waals surface area contributed by atoms with Crippen molar-refractivity contribution in [2.45, 2.75) is 90.0 Å². The topological polar surface area (TPSA) is 26.3 Å². The Morgan fingerprint density at radius 2 is 1.50 bits per heavy atom. The van der Waals surface area contributed by atoms with E-state index in [9.17, 15) is 4.79 Å². The average Bonchev–Trinajstić information content (AvgIpc) is 2.84. The van der Waals surface area contributed by atoms with Gasteiger partial charge in [-0.1, -0.05) is 64.7 Å². The molecule has 0 radical (unpaired) electrons. The fourth-order valence-electron chi connectivity index (χ4n) is 3.46. The van der Waals surface area contributed by atoms with E-state index >= 15 is 0 Å². The summed E-state index contributed by atoms with van der Waals surface area (Å²) in [6.45, 7) is 3.98. The van der Waals surface area contributed by atoms with Gasteiger partial charge in [-0.05, 0) is 6.42 Å². The van der Waals surface area contributed by atoms with Crippen molar-refractivity contribution < 1.29 is 14.0 Å². The van der Waals surface area contributed by atoms with Crippen molar-refractivity contribution in [3.05, 3.63) is 0 Å². The maximum absolute atomic E-state index is 12.1. The predicted octanol–water partition coefficient (Wildman–Crippen LogP) is 4.69. The van der Waals surface area contributed by atoms with Crippen molar-refractivity contribution in [1.29, 1.82) is 0 Å². The molecule has 1 aliphatic heterocycles. The van der Waals surface area contributed by atoms with Gasteiger partial charge in [-0.15, -0.1) is 0 Å². The predicted molar refractivity (Wildman–Crippen MR) is 92.8 cm³/mol. The highest BCUT2D eigenvalue weighted by Gasteiger charge is 2.40. The Morgan fingerprint density at radius 1 is 0.955 bits per heavy atom. The van der Waals surface area contributed by atoms with Gasteiger partial charge in [0.15, 0.2) is 6.04 Å². The maximum Gasteiger partial charge on any atom is 0.364 e. The third-order valence-electron chi connectivity index (χ3n) is 5.07.